The number of amides is 1. The molecule has 1 saturated carbocycles. The van der Waals surface area contributed by atoms with Crippen molar-refractivity contribution in [2.45, 2.75) is 38.6 Å². The highest BCUT2D eigenvalue weighted by Gasteiger charge is 2.32. The second kappa shape index (κ2) is 6.02. The monoisotopic (exact) mass is 253 g/mol. The normalized spacial score (nSPS) is 37.7. The first-order valence-electron chi connectivity index (χ1n) is 7.29. The van der Waals surface area contributed by atoms with E-state index in [4.69, 9.17) is 5.73 Å². The number of hydrogen-bond acceptors (Lipinski definition) is 3. The average molecular weight is 253 g/mol. The zero-order valence-corrected chi connectivity index (χ0v) is 11.7. The summed E-state index contributed by atoms with van der Waals surface area (Å²) < 4.78 is 0. The molecule has 3 N–H and O–H groups in total. The summed E-state index contributed by atoms with van der Waals surface area (Å²) in [6.07, 6.45) is 4.37. The number of nitrogens with one attached hydrogen (secondary N) is 1. The van der Waals surface area contributed by atoms with Gasteiger partial charge in [-0.05, 0) is 44.7 Å². The van der Waals surface area contributed by atoms with Gasteiger partial charge in [-0.25, -0.2) is 0 Å². The summed E-state index contributed by atoms with van der Waals surface area (Å²) in [5.41, 5.74) is 6.06. The number of hydrogen-bond donors (Lipinski definition) is 2. The Morgan fingerprint density at radius 2 is 2.17 bits per heavy atom. The minimum Gasteiger partial charge on any atom is -0.356 e. The molecule has 2 aliphatic rings. The van der Waals surface area contributed by atoms with Gasteiger partial charge in [-0.3, -0.25) is 4.79 Å². The van der Waals surface area contributed by atoms with E-state index in [9.17, 15) is 4.79 Å². The largest absolute Gasteiger partial charge is 0.356 e. The molecule has 0 radical (unpaired) electrons. The first-order valence-corrected chi connectivity index (χ1v) is 7.29. The lowest BCUT2D eigenvalue weighted by Gasteiger charge is -2.33. The predicted octanol–water partition coefficient (Wildman–Crippen LogP) is 0.818. The fourth-order valence-corrected chi connectivity index (χ4v) is 3.34. The first kappa shape index (κ1) is 13.8. The molecule has 0 aromatic heterocycles. The highest BCUT2D eigenvalue weighted by atomic mass is 16.1. The van der Waals surface area contributed by atoms with Gasteiger partial charge in [-0.15, -0.1) is 0 Å². The van der Waals surface area contributed by atoms with Crippen LogP contribution < -0.4 is 11.1 Å². The van der Waals surface area contributed by atoms with Crippen molar-refractivity contribution in [1.29, 1.82) is 0 Å². The number of carbonyl (C=O) groups is 1. The van der Waals surface area contributed by atoms with Crippen molar-refractivity contribution in [3.05, 3.63) is 0 Å². The summed E-state index contributed by atoms with van der Waals surface area (Å²) in [7, 11) is 2.14. The summed E-state index contributed by atoms with van der Waals surface area (Å²) >= 11 is 0. The van der Waals surface area contributed by atoms with Crippen LogP contribution in [0, 0.1) is 17.8 Å². The van der Waals surface area contributed by atoms with Crippen molar-refractivity contribution in [2.75, 3.05) is 26.7 Å². The van der Waals surface area contributed by atoms with Crippen LogP contribution in [-0.2, 0) is 4.79 Å². The third-order valence-electron chi connectivity index (χ3n) is 4.75. The van der Waals surface area contributed by atoms with Gasteiger partial charge in [0.1, 0.15) is 0 Å². The Balaban J connectivity index is 1.77. The molecule has 0 spiro atoms. The molecule has 2 fully saturated rings. The van der Waals surface area contributed by atoms with Crippen LogP contribution in [0.5, 0.6) is 0 Å². The predicted molar refractivity (Wildman–Crippen MR) is 73.1 cm³/mol. The van der Waals surface area contributed by atoms with Crippen molar-refractivity contribution in [2.24, 2.45) is 23.5 Å². The molecule has 4 heteroatoms. The Hall–Kier alpha value is -0.610. The van der Waals surface area contributed by atoms with Gasteiger partial charge in [0.25, 0.3) is 0 Å². The molecule has 1 aliphatic heterocycles. The zero-order chi connectivity index (χ0) is 13.1. The van der Waals surface area contributed by atoms with Gasteiger partial charge in [-0.2, -0.15) is 0 Å². The Kier molecular flexibility index (Phi) is 4.62. The van der Waals surface area contributed by atoms with Crippen LogP contribution in [0.3, 0.4) is 0 Å². The van der Waals surface area contributed by atoms with E-state index in [1.165, 1.54) is 6.42 Å². The van der Waals surface area contributed by atoms with E-state index in [0.29, 0.717) is 11.8 Å². The molecular formula is C14H27N3O. The van der Waals surface area contributed by atoms with E-state index >= 15 is 0 Å². The van der Waals surface area contributed by atoms with Gasteiger partial charge in [0, 0.05) is 25.0 Å². The van der Waals surface area contributed by atoms with Gasteiger partial charge in [0.2, 0.25) is 5.91 Å². The minimum atomic E-state index is 0.132. The van der Waals surface area contributed by atoms with Crippen molar-refractivity contribution >= 4 is 5.91 Å². The van der Waals surface area contributed by atoms with E-state index < -0.39 is 0 Å². The summed E-state index contributed by atoms with van der Waals surface area (Å²) in [5, 5.41) is 3.14. The number of carbonyl (C=O) groups excluding carboxylic acids is 1. The zero-order valence-electron chi connectivity index (χ0n) is 11.7. The SMILES string of the molecule is CC1C(N)CCCC1C(=O)NCC1CCN(C)C1. The Bertz CT molecular complexity index is 295. The fourth-order valence-electron chi connectivity index (χ4n) is 3.34. The summed E-state index contributed by atoms with van der Waals surface area (Å²) in [6.45, 7) is 5.23. The molecule has 0 aromatic carbocycles. The summed E-state index contributed by atoms with van der Waals surface area (Å²) in [4.78, 5) is 14.5. The van der Waals surface area contributed by atoms with Crippen molar-refractivity contribution in [3.8, 4) is 0 Å². The first-order chi connectivity index (χ1) is 8.58. The summed E-state index contributed by atoms with van der Waals surface area (Å²) in [5.74, 6) is 1.32. The van der Waals surface area contributed by atoms with E-state index in [-0.39, 0.29) is 17.9 Å². The van der Waals surface area contributed by atoms with Crippen molar-refractivity contribution < 1.29 is 4.79 Å². The number of rotatable bonds is 3. The van der Waals surface area contributed by atoms with Crippen LogP contribution in [0.15, 0.2) is 0 Å². The number of nitrogens with two attached hydrogens (primary N) is 1. The highest BCUT2D eigenvalue weighted by molar-refractivity contribution is 5.79. The molecule has 4 unspecified atom stereocenters. The quantitative estimate of drug-likeness (QED) is 0.783. The molecule has 1 saturated heterocycles. The Morgan fingerprint density at radius 1 is 1.39 bits per heavy atom. The second-order valence-corrected chi connectivity index (χ2v) is 6.22. The van der Waals surface area contributed by atoms with Crippen molar-refractivity contribution in [3.63, 3.8) is 0 Å². The van der Waals surface area contributed by atoms with Crippen LogP contribution in [0.25, 0.3) is 0 Å². The van der Waals surface area contributed by atoms with Gasteiger partial charge in [0.05, 0.1) is 0 Å². The van der Waals surface area contributed by atoms with Crippen LogP contribution in [0.4, 0.5) is 0 Å². The van der Waals surface area contributed by atoms with Crippen LogP contribution in [0.1, 0.15) is 32.6 Å². The summed E-state index contributed by atoms with van der Waals surface area (Å²) in [6, 6.07) is 0.201. The molecule has 1 heterocycles. The van der Waals surface area contributed by atoms with E-state index in [1.807, 2.05) is 0 Å². The molecule has 104 valence electrons. The van der Waals surface area contributed by atoms with E-state index in [1.54, 1.807) is 0 Å². The van der Waals surface area contributed by atoms with Gasteiger partial charge in [-0.1, -0.05) is 13.3 Å². The number of nitrogens with zero attached hydrogens (tertiary/aromatic N) is 1. The molecule has 1 aliphatic carbocycles. The van der Waals surface area contributed by atoms with Crippen LogP contribution >= 0.6 is 0 Å². The third-order valence-corrected chi connectivity index (χ3v) is 4.75. The molecule has 4 nitrogen and oxygen atoms in total. The average Bonchev–Trinajstić information content (AvgIpc) is 2.76. The molecule has 0 bridgehead atoms. The smallest absolute Gasteiger partial charge is 0.223 e. The van der Waals surface area contributed by atoms with Gasteiger partial charge in [0.15, 0.2) is 0 Å². The second-order valence-electron chi connectivity index (χ2n) is 6.22. The maximum atomic E-state index is 12.2. The standard InChI is InChI=1S/C14H27N3O/c1-10-12(4-3-5-13(10)15)14(18)16-8-11-6-7-17(2)9-11/h10-13H,3-9,15H2,1-2H3,(H,16,18). The Labute approximate surface area is 110 Å². The molecule has 2 rings (SSSR count). The van der Waals surface area contributed by atoms with Crippen LogP contribution in [-0.4, -0.2) is 43.5 Å². The molecular weight excluding hydrogens is 226 g/mol. The lowest BCUT2D eigenvalue weighted by atomic mass is 9.77. The van der Waals surface area contributed by atoms with Crippen LogP contribution in [0.2, 0.25) is 0 Å². The maximum Gasteiger partial charge on any atom is 0.223 e. The van der Waals surface area contributed by atoms with Crippen molar-refractivity contribution in [1.82, 2.24) is 10.2 Å². The lowest BCUT2D eigenvalue weighted by molar-refractivity contribution is -0.128. The molecule has 18 heavy (non-hydrogen) atoms. The van der Waals surface area contributed by atoms with Gasteiger partial charge < -0.3 is 16.0 Å². The van der Waals surface area contributed by atoms with Gasteiger partial charge >= 0.3 is 0 Å². The molecule has 1 amide bonds. The fraction of sp³-hybridized carbons (Fsp3) is 0.929. The topological polar surface area (TPSA) is 58.4 Å². The Morgan fingerprint density at radius 3 is 2.83 bits per heavy atom. The maximum absolute atomic E-state index is 12.2. The van der Waals surface area contributed by atoms with E-state index in [2.05, 4.69) is 24.2 Å². The highest BCUT2D eigenvalue weighted by Crippen LogP contribution is 2.29. The lowest BCUT2D eigenvalue weighted by Crippen LogP contribution is -2.45. The minimum absolute atomic E-state index is 0.132. The number of likely N-dealkylation sites (tertiary alicyclic amines) is 1. The molecule has 4 atom stereocenters. The van der Waals surface area contributed by atoms with E-state index in [0.717, 1.165) is 38.9 Å². The molecule has 0 aromatic rings. The third kappa shape index (κ3) is 3.23.